The predicted molar refractivity (Wildman–Crippen MR) is 63.5 cm³/mol. The highest BCUT2D eigenvalue weighted by Crippen LogP contribution is 2.51. The molecule has 5 nitrogen and oxygen atoms in total. The molecule has 2 aliphatic heterocycles. The molecule has 3 heterocycles. The fraction of sp³-hybridized carbons (Fsp3) is 0.538. The zero-order valence-electron chi connectivity index (χ0n) is 10.1. The molecule has 0 radical (unpaired) electrons. The normalized spacial score (nSPS) is 31.9. The molecule has 1 aromatic rings. The zero-order valence-corrected chi connectivity index (χ0v) is 10.1. The summed E-state index contributed by atoms with van der Waals surface area (Å²) in [5.74, 6) is 0.694. The number of carbonyl (C=O) groups is 1. The summed E-state index contributed by atoms with van der Waals surface area (Å²) in [7, 11) is 0. The van der Waals surface area contributed by atoms with Gasteiger partial charge in [-0.05, 0) is 25.2 Å². The minimum absolute atomic E-state index is 0.170. The molecule has 5 heteroatoms. The Morgan fingerprint density at radius 2 is 2.11 bits per heavy atom. The molecule has 1 saturated heterocycles. The highest BCUT2D eigenvalue weighted by Gasteiger charge is 2.56. The maximum Gasteiger partial charge on any atom is 0.274 e. The third-order valence-corrected chi connectivity index (χ3v) is 4.58. The maximum absolute atomic E-state index is 12.4. The monoisotopic (exact) mass is 246 g/mol. The van der Waals surface area contributed by atoms with Crippen LogP contribution in [0, 0.1) is 18.8 Å². The van der Waals surface area contributed by atoms with Gasteiger partial charge in [0.2, 0.25) is 5.43 Å². The molecule has 4 rings (SSSR count). The van der Waals surface area contributed by atoms with Crippen molar-refractivity contribution in [2.24, 2.45) is 11.8 Å². The molecule has 0 bridgehead atoms. The third kappa shape index (κ3) is 1.07. The highest BCUT2D eigenvalue weighted by atomic mass is 16.3. The average Bonchev–Trinajstić information content (AvgIpc) is 3.01. The number of hydrogen-bond donors (Lipinski definition) is 1. The fourth-order valence-corrected chi connectivity index (χ4v) is 3.53. The summed E-state index contributed by atoms with van der Waals surface area (Å²) in [4.78, 5) is 25.9. The van der Waals surface area contributed by atoms with Crippen molar-refractivity contribution in [2.45, 2.75) is 25.9 Å². The first-order valence-electron chi connectivity index (χ1n) is 6.32. The van der Waals surface area contributed by atoms with E-state index in [-0.39, 0.29) is 23.4 Å². The quantitative estimate of drug-likeness (QED) is 0.718. The first-order valence-corrected chi connectivity index (χ1v) is 6.32. The molecule has 0 spiro atoms. The summed E-state index contributed by atoms with van der Waals surface area (Å²) in [6.07, 6.45) is 2.91. The molecule has 1 aliphatic carbocycles. The number of aromatic nitrogens is 1. The number of pyridine rings is 1. The fourth-order valence-electron chi connectivity index (χ4n) is 3.53. The lowest BCUT2D eigenvalue weighted by molar-refractivity contribution is 0.0621. The second kappa shape index (κ2) is 2.96. The second-order valence-corrected chi connectivity index (χ2v) is 5.68. The lowest BCUT2D eigenvalue weighted by Crippen LogP contribution is -2.47. The van der Waals surface area contributed by atoms with Gasteiger partial charge in [0.25, 0.3) is 5.91 Å². The van der Waals surface area contributed by atoms with Gasteiger partial charge < -0.3 is 14.6 Å². The van der Waals surface area contributed by atoms with Crippen molar-refractivity contribution in [1.29, 1.82) is 0 Å². The van der Waals surface area contributed by atoms with E-state index in [1.165, 1.54) is 6.42 Å². The van der Waals surface area contributed by atoms with Crippen LogP contribution in [0.15, 0.2) is 11.0 Å². The van der Waals surface area contributed by atoms with Crippen LogP contribution in [0.1, 0.15) is 22.5 Å². The molecule has 1 aromatic heterocycles. The Balaban J connectivity index is 1.91. The van der Waals surface area contributed by atoms with E-state index in [2.05, 4.69) is 0 Å². The molecule has 2 fully saturated rings. The van der Waals surface area contributed by atoms with Gasteiger partial charge in [-0.1, -0.05) is 0 Å². The molecule has 18 heavy (non-hydrogen) atoms. The van der Waals surface area contributed by atoms with Gasteiger partial charge in [-0.25, -0.2) is 0 Å². The summed E-state index contributed by atoms with van der Waals surface area (Å²) in [5, 5.41) is 9.91. The minimum atomic E-state index is -0.433. The van der Waals surface area contributed by atoms with Gasteiger partial charge in [-0.2, -0.15) is 0 Å². The Morgan fingerprint density at radius 3 is 2.89 bits per heavy atom. The van der Waals surface area contributed by atoms with Gasteiger partial charge in [-0.15, -0.1) is 0 Å². The SMILES string of the molecule is Cc1cn2c(c(O)c1=O)C(=O)N1C[C@H]3C[C@H]3[C@H]1C2. The molecule has 1 N–H and O–H groups in total. The molecular weight excluding hydrogens is 232 g/mol. The van der Waals surface area contributed by atoms with Crippen LogP contribution in [0.5, 0.6) is 5.75 Å². The Hall–Kier alpha value is -1.78. The molecule has 0 aromatic carbocycles. The number of piperidine rings is 1. The third-order valence-electron chi connectivity index (χ3n) is 4.58. The number of aromatic hydroxyl groups is 1. The van der Waals surface area contributed by atoms with E-state index in [0.29, 0.717) is 23.9 Å². The molecule has 0 unspecified atom stereocenters. The van der Waals surface area contributed by atoms with E-state index < -0.39 is 5.43 Å². The lowest BCUT2D eigenvalue weighted by Gasteiger charge is -2.34. The van der Waals surface area contributed by atoms with Crippen LogP contribution in [0.4, 0.5) is 0 Å². The largest absolute Gasteiger partial charge is 0.503 e. The topological polar surface area (TPSA) is 62.5 Å². The minimum Gasteiger partial charge on any atom is -0.503 e. The van der Waals surface area contributed by atoms with Crippen LogP contribution in [0.25, 0.3) is 0 Å². The van der Waals surface area contributed by atoms with Crippen molar-refractivity contribution < 1.29 is 9.90 Å². The lowest BCUT2D eigenvalue weighted by atomic mass is 10.1. The summed E-state index contributed by atoms with van der Waals surface area (Å²) >= 11 is 0. The van der Waals surface area contributed by atoms with Crippen molar-refractivity contribution in [3.63, 3.8) is 0 Å². The Bertz CT molecular complexity index is 634. The van der Waals surface area contributed by atoms with Crippen molar-refractivity contribution in [1.82, 2.24) is 9.47 Å². The number of rotatable bonds is 0. The number of carbonyl (C=O) groups excluding carboxylic acids is 1. The average molecular weight is 246 g/mol. The Morgan fingerprint density at radius 1 is 1.33 bits per heavy atom. The highest BCUT2D eigenvalue weighted by molar-refractivity contribution is 5.96. The van der Waals surface area contributed by atoms with Crippen LogP contribution >= 0.6 is 0 Å². The summed E-state index contributed by atoms with van der Waals surface area (Å²) in [6.45, 7) is 3.16. The number of hydrogen-bond acceptors (Lipinski definition) is 3. The van der Waals surface area contributed by atoms with Crippen LogP contribution in [0.3, 0.4) is 0 Å². The molecular formula is C13H14N2O3. The van der Waals surface area contributed by atoms with Crippen molar-refractivity contribution in [3.8, 4) is 5.75 Å². The molecule has 94 valence electrons. The number of aryl methyl sites for hydroxylation is 1. The first kappa shape index (κ1) is 10.2. The van der Waals surface area contributed by atoms with E-state index in [4.69, 9.17) is 0 Å². The van der Waals surface area contributed by atoms with Crippen molar-refractivity contribution in [2.75, 3.05) is 6.54 Å². The summed E-state index contributed by atoms with van der Waals surface area (Å²) < 4.78 is 1.76. The first-order chi connectivity index (χ1) is 8.58. The van der Waals surface area contributed by atoms with Crippen LogP contribution in [-0.4, -0.2) is 33.1 Å². The smallest absolute Gasteiger partial charge is 0.274 e. The second-order valence-electron chi connectivity index (χ2n) is 5.68. The van der Waals surface area contributed by atoms with E-state index in [1.54, 1.807) is 17.7 Å². The Kier molecular flexibility index (Phi) is 1.68. The van der Waals surface area contributed by atoms with Gasteiger partial charge in [0.15, 0.2) is 11.4 Å². The van der Waals surface area contributed by atoms with E-state index in [1.807, 2.05) is 4.90 Å². The number of nitrogens with zero attached hydrogens (tertiary/aromatic N) is 2. The number of fused-ring (bicyclic) bond motifs is 4. The van der Waals surface area contributed by atoms with Gasteiger partial charge in [0, 0.05) is 24.8 Å². The molecule has 3 atom stereocenters. The van der Waals surface area contributed by atoms with Gasteiger partial charge in [-0.3, -0.25) is 9.59 Å². The van der Waals surface area contributed by atoms with E-state index >= 15 is 0 Å². The van der Waals surface area contributed by atoms with Crippen LogP contribution in [0.2, 0.25) is 0 Å². The van der Waals surface area contributed by atoms with Crippen molar-refractivity contribution >= 4 is 5.91 Å². The maximum atomic E-state index is 12.4. The molecule has 1 saturated carbocycles. The molecule has 1 amide bonds. The van der Waals surface area contributed by atoms with E-state index in [9.17, 15) is 14.7 Å². The van der Waals surface area contributed by atoms with Crippen molar-refractivity contribution in [3.05, 3.63) is 27.7 Å². The van der Waals surface area contributed by atoms with Gasteiger partial charge in [0.1, 0.15) is 0 Å². The number of amides is 1. The standard InChI is InChI=1S/C13H14N2O3/c1-6-3-14-5-9-8-2-7(8)4-15(9)13(18)10(14)12(17)11(6)16/h3,7-9,17H,2,4-5H2,1H3/t7-,8-,9-/m1/s1. The summed E-state index contributed by atoms with van der Waals surface area (Å²) in [5.41, 5.74) is 0.225. The molecule has 3 aliphatic rings. The Labute approximate surface area is 104 Å². The van der Waals surface area contributed by atoms with Gasteiger partial charge >= 0.3 is 0 Å². The van der Waals surface area contributed by atoms with Crippen LogP contribution in [-0.2, 0) is 6.54 Å². The summed E-state index contributed by atoms with van der Waals surface area (Å²) in [6, 6.07) is 0.260. The van der Waals surface area contributed by atoms with Crippen LogP contribution < -0.4 is 5.43 Å². The van der Waals surface area contributed by atoms with Gasteiger partial charge in [0.05, 0.1) is 6.04 Å². The zero-order chi connectivity index (χ0) is 12.6. The predicted octanol–water partition coefficient (Wildman–Crippen LogP) is 0.336. The van der Waals surface area contributed by atoms with E-state index in [0.717, 1.165) is 6.54 Å².